The number of nitrogens with zero attached hydrogens (tertiary/aromatic N) is 3. The maximum absolute atomic E-state index is 9.26. The maximum Gasteiger partial charge on any atom is 0.499 e. The number of fused-ring (bicyclic) bond motifs is 5. The Morgan fingerprint density at radius 3 is 2.05 bits per heavy atom. The minimum Gasteiger partial charge on any atom is -0.392 e. The Labute approximate surface area is 393 Å². The summed E-state index contributed by atoms with van der Waals surface area (Å²) in [7, 11) is 0. The van der Waals surface area contributed by atoms with Gasteiger partial charge in [-0.1, -0.05) is 142 Å². The van der Waals surface area contributed by atoms with Crippen molar-refractivity contribution >= 4 is 11.0 Å². The van der Waals surface area contributed by atoms with Gasteiger partial charge in [-0.05, 0) is 141 Å². The first-order valence-electron chi connectivity index (χ1n) is 26.0. The molecule has 1 spiro atoms. The van der Waals surface area contributed by atoms with E-state index in [0.29, 0.717) is 11.1 Å². The van der Waals surface area contributed by atoms with Gasteiger partial charge in [0.15, 0.2) is 23.0 Å². The zero-order valence-corrected chi connectivity index (χ0v) is 40.2. The fourth-order valence-electron chi connectivity index (χ4n) is 10.9. The summed E-state index contributed by atoms with van der Waals surface area (Å²) in [5.41, 5.74) is 19.5. The van der Waals surface area contributed by atoms with E-state index in [2.05, 4.69) is 168 Å². The van der Waals surface area contributed by atoms with Crippen LogP contribution in [0.3, 0.4) is 0 Å². The number of rotatable bonds is 7. The average molecular weight is 859 g/mol. The topological polar surface area (TPSA) is 21.9 Å². The van der Waals surface area contributed by atoms with Gasteiger partial charge in [-0.3, -0.25) is 0 Å². The zero-order valence-electron chi connectivity index (χ0n) is 45.2. The van der Waals surface area contributed by atoms with Crippen LogP contribution in [0.15, 0.2) is 121 Å². The van der Waals surface area contributed by atoms with Crippen molar-refractivity contribution in [1.82, 2.24) is 4.57 Å². The van der Waals surface area contributed by atoms with Crippen LogP contribution in [-0.4, -0.2) is 4.57 Å². The molecule has 1 atom stereocenters. The van der Waals surface area contributed by atoms with Gasteiger partial charge in [0.2, 0.25) is 5.69 Å². The summed E-state index contributed by atoms with van der Waals surface area (Å²) in [6.45, 7) is 28.1. The fourth-order valence-corrected chi connectivity index (χ4v) is 10.9. The summed E-state index contributed by atoms with van der Waals surface area (Å²) in [5.74, 6) is 0.472. The van der Waals surface area contributed by atoms with Gasteiger partial charge in [-0.2, -0.15) is 4.57 Å². The Kier molecular flexibility index (Phi) is 7.96. The molecule has 326 valence electrons. The molecule has 3 aliphatic rings. The van der Waals surface area contributed by atoms with Crippen LogP contribution >= 0.6 is 0 Å². The van der Waals surface area contributed by atoms with E-state index in [9.17, 15) is 1.37 Å². The van der Waals surface area contributed by atoms with Gasteiger partial charge < -0.3 is 4.74 Å². The highest BCUT2D eigenvalue weighted by atomic mass is 16.5. The molecule has 0 fully saturated rings. The van der Waals surface area contributed by atoms with Crippen LogP contribution in [0.4, 0.5) is 0 Å². The summed E-state index contributed by atoms with van der Waals surface area (Å²) in [4.78, 5) is 0. The number of imidazole rings is 1. The maximum atomic E-state index is 9.26. The van der Waals surface area contributed by atoms with Crippen molar-refractivity contribution in [2.75, 3.05) is 0 Å². The molecule has 0 N–H and O–H groups in total. The summed E-state index contributed by atoms with van der Waals surface area (Å²) < 4.78 is 60.4. The first-order chi connectivity index (χ1) is 33.0. The van der Waals surface area contributed by atoms with E-state index >= 15 is 0 Å². The largest absolute Gasteiger partial charge is 0.499 e. The molecule has 8 aromatic rings. The summed E-state index contributed by atoms with van der Waals surface area (Å²) in [6.07, 6.45) is 2.05. The van der Waals surface area contributed by atoms with E-state index in [1.807, 2.05) is 26.1 Å². The first kappa shape index (κ1) is 36.0. The normalized spacial score (nSPS) is 16.8. The third kappa shape index (κ3) is 5.88. The highest BCUT2D eigenvalue weighted by molar-refractivity contribution is 5.98. The molecule has 1 unspecified atom stereocenters. The first-order valence-corrected chi connectivity index (χ1v) is 23.5. The highest BCUT2D eigenvalue weighted by Gasteiger charge is 2.69. The molecule has 0 aliphatic carbocycles. The third-order valence-electron chi connectivity index (χ3n) is 14.3. The van der Waals surface area contributed by atoms with Gasteiger partial charge in [0.25, 0.3) is 0 Å². The Morgan fingerprint density at radius 1 is 0.662 bits per heavy atom. The van der Waals surface area contributed by atoms with Crippen LogP contribution in [0, 0.1) is 13.8 Å². The molecule has 0 saturated heterocycles. The van der Waals surface area contributed by atoms with Crippen molar-refractivity contribution in [3.63, 3.8) is 0 Å². The van der Waals surface area contributed by atoms with E-state index in [-0.39, 0.29) is 52.9 Å². The van der Waals surface area contributed by atoms with Crippen molar-refractivity contribution < 1.29 is 20.7 Å². The lowest BCUT2D eigenvalue weighted by Crippen LogP contribution is -2.78. The molecule has 11 rings (SSSR count). The molecule has 0 bridgehead atoms. The van der Waals surface area contributed by atoms with Gasteiger partial charge in [-0.25, -0.2) is 0 Å². The quantitative estimate of drug-likeness (QED) is 0.146. The number of aryl methyl sites for hydroxylation is 1. The van der Waals surface area contributed by atoms with Crippen molar-refractivity contribution in [3.8, 4) is 67.5 Å². The van der Waals surface area contributed by atoms with Crippen LogP contribution in [-0.2, 0) is 11.3 Å². The van der Waals surface area contributed by atoms with Gasteiger partial charge in [0.1, 0.15) is 16.8 Å². The van der Waals surface area contributed by atoms with Crippen LogP contribution in [0.2, 0.25) is 0 Å². The molecule has 3 aliphatic heterocycles. The summed E-state index contributed by atoms with van der Waals surface area (Å²) in [6, 6.07) is 33.2. The van der Waals surface area contributed by atoms with Gasteiger partial charge in [0.05, 0.1) is 11.0 Å². The van der Waals surface area contributed by atoms with E-state index < -0.39 is 11.7 Å². The van der Waals surface area contributed by atoms with Crippen molar-refractivity contribution in [3.05, 3.63) is 166 Å². The zero-order chi connectivity index (χ0) is 50.0. The van der Waals surface area contributed by atoms with Crippen LogP contribution in [0.1, 0.15) is 151 Å². The predicted molar refractivity (Wildman–Crippen MR) is 268 cm³/mol. The molecule has 0 saturated carbocycles. The standard InChI is InChI=1S/C61H63N3O/c1-34(2)43-29-48(37(7)8)58-51(30-43)59-63(52-25-24-42(28-39(52)10)55-45(35(3)4)16-14-17-46(55)36(5)6)53-19-15-18-47-49-32-44(60(11,12)13)33-50-54-31-41(40-22-20-38(9)21-23-40)26-27-62(54)61(65-58,56(49)50)64(59)57(47)53/h14-37H,1-13H3/q+2/i20D,21D,22D,23D,35D. The number of pyridine rings is 1. The molecular formula is C61H63N3O+2. The van der Waals surface area contributed by atoms with Crippen molar-refractivity contribution in [2.45, 2.75) is 125 Å². The molecule has 6 aromatic carbocycles. The second kappa shape index (κ2) is 14.4. The van der Waals surface area contributed by atoms with Crippen LogP contribution in [0.5, 0.6) is 5.75 Å². The highest BCUT2D eigenvalue weighted by Crippen LogP contribution is 2.56. The lowest BCUT2D eigenvalue weighted by Gasteiger charge is -2.34. The van der Waals surface area contributed by atoms with E-state index in [0.717, 1.165) is 89.6 Å². The molecule has 4 heteroatoms. The van der Waals surface area contributed by atoms with Crippen LogP contribution in [0.25, 0.3) is 72.7 Å². The number of ether oxygens (including phenoxy) is 1. The molecule has 2 aromatic heterocycles. The number of benzene rings is 6. The van der Waals surface area contributed by atoms with Gasteiger partial charge >= 0.3 is 11.7 Å². The number of hydrogen-bond donors (Lipinski definition) is 0. The van der Waals surface area contributed by atoms with E-state index in [1.54, 1.807) is 6.92 Å². The lowest BCUT2D eigenvalue weighted by molar-refractivity contribution is -0.997. The Hall–Kier alpha value is -6.26. The van der Waals surface area contributed by atoms with E-state index in [1.165, 1.54) is 16.7 Å². The monoisotopic (exact) mass is 859 g/mol. The molecule has 5 heterocycles. The second-order valence-electron chi connectivity index (χ2n) is 21.0. The smallest absolute Gasteiger partial charge is 0.392 e. The summed E-state index contributed by atoms with van der Waals surface area (Å²) >= 11 is 0. The number of aromatic nitrogens is 3. The molecule has 4 nitrogen and oxygen atoms in total. The fraction of sp³-hybridized carbons (Fsp3) is 0.311. The van der Waals surface area contributed by atoms with Crippen molar-refractivity contribution in [1.29, 1.82) is 0 Å². The van der Waals surface area contributed by atoms with Gasteiger partial charge in [0, 0.05) is 24.6 Å². The van der Waals surface area contributed by atoms with Crippen molar-refractivity contribution in [2.24, 2.45) is 0 Å². The average Bonchev–Trinajstić information content (AvgIpc) is 3.80. The van der Waals surface area contributed by atoms with Gasteiger partial charge in [-0.15, -0.1) is 9.13 Å². The third-order valence-corrected chi connectivity index (χ3v) is 14.3. The van der Waals surface area contributed by atoms with Crippen LogP contribution < -0.4 is 13.9 Å². The molecule has 0 amide bonds. The molecule has 0 radical (unpaired) electrons. The Bertz CT molecular complexity index is 3570. The Balaban J connectivity index is 1.29. The predicted octanol–water partition coefficient (Wildman–Crippen LogP) is 15.2. The summed E-state index contributed by atoms with van der Waals surface area (Å²) in [5, 5.41) is 0. The minimum absolute atomic E-state index is 0.0297. The molecular weight excluding hydrogens is 791 g/mol. The minimum atomic E-state index is -1.24. The SMILES string of the molecule is [2H]c1c([2H])c(-c2cc[n+]3c(c2)-c2cc(C(C)(C)C)cc4c2C32Oc3c(cc(C(C)C)cc3C(C)C)-c3n(-c5ccc(-c6c(C(C)C)cccc6C([2H])(C)C)cc5C)c5cccc-4c5[n+]32)c([2H])c([2H])c1C. The molecule has 65 heavy (non-hydrogen) atoms. The number of hydrogen-bond acceptors (Lipinski definition) is 1. The van der Waals surface area contributed by atoms with E-state index in [4.69, 9.17) is 10.2 Å². The Morgan fingerprint density at radius 2 is 1.37 bits per heavy atom. The lowest BCUT2D eigenvalue weighted by atomic mass is 9.80. The number of para-hydroxylation sites is 1. The second-order valence-corrected chi connectivity index (χ2v) is 21.0.